The van der Waals surface area contributed by atoms with Gasteiger partial charge in [-0.15, -0.1) is 0 Å². The van der Waals surface area contributed by atoms with Crippen molar-refractivity contribution < 1.29 is 9.30 Å². The topological polar surface area (TPSA) is 21.3 Å². The first-order valence-electron chi connectivity index (χ1n) is 10.8. The van der Waals surface area contributed by atoms with E-state index in [0.717, 1.165) is 54.4 Å². The second-order valence-corrected chi connectivity index (χ2v) is 8.99. The standard InChI is InChI=1S/C25H26Cl2N3O/c1-5-28-22-11-15(3)16(4)12-23(22)31-24(28)8-7-17-9-10-30-21-14-19(27)18(26)13-20(21)29(6-2)25(17)30/h7-8,11-14H,5-6,9-10H2,1-4H3/q+1. The molecule has 2 aliphatic heterocycles. The van der Waals surface area contributed by atoms with Crippen LogP contribution in [0.15, 0.2) is 42.3 Å². The Bertz CT molecular complexity index is 1270. The van der Waals surface area contributed by atoms with Crippen LogP contribution in [-0.4, -0.2) is 11.1 Å². The monoisotopic (exact) mass is 454 g/mol. The number of halogens is 2. The minimum Gasteiger partial charge on any atom is -0.439 e. The third-order valence-electron chi connectivity index (χ3n) is 6.41. The van der Waals surface area contributed by atoms with E-state index in [1.165, 1.54) is 22.5 Å². The summed E-state index contributed by atoms with van der Waals surface area (Å²) in [5.74, 6) is 3.03. The van der Waals surface area contributed by atoms with Gasteiger partial charge in [-0.05, 0) is 63.1 Å². The summed E-state index contributed by atoms with van der Waals surface area (Å²) in [6.07, 6.45) is 5.29. The van der Waals surface area contributed by atoms with E-state index >= 15 is 0 Å². The molecule has 0 radical (unpaired) electrons. The highest BCUT2D eigenvalue weighted by atomic mass is 35.5. The molecule has 0 saturated heterocycles. The highest BCUT2D eigenvalue weighted by molar-refractivity contribution is 6.42. The first-order valence-corrected chi connectivity index (χ1v) is 11.6. The molecule has 1 aromatic heterocycles. The minimum absolute atomic E-state index is 0.592. The number of fused-ring (bicyclic) bond motifs is 4. The van der Waals surface area contributed by atoms with Crippen molar-refractivity contribution in [2.45, 2.75) is 47.2 Å². The van der Waals surface area contributed by atoms with Crippen LogP contribution in [0.5, 0.6) is 5.75 Å². The third kappa shape index (κ3) is 3.16. The van der Waals surface area contributed by atoms with E-state index < -0.39 is 0 Å². The molecule has 4 nitrogen and oxygen atoms in total. The van der Waals surface area contributed by atoms with Gasteiger partial charge < -0.3 is 9.64 Å². The molecule has 6 heteroatoms. The fourth-order valence-corrected chi connectivity index (χ4v) is 5.02. The maximum Gasteiger partial charge on any atom is 0.285 e. The van der Waals surface area contributed by atoms with Crippen LogP contribution >= 0.6 is 23.2 Å². The molecule has 0 amide bonds. The Morgan fingerprint density at radius 3 is 2.52 bits per heavy atom. The van der Waals surface area contributed by atoms with E-state index in [1.807, 2.05) is 12.1 Å². The Hall–Kier alpha value is -2.43. The van der Waals surface area contributed by atoms with Crippen molar-refractivity contribution in [2.75, 3.05) is 11.4 Å². The molecule has 0 bridgehead atoms. The fourth-order valence-electron chi connectivity index (χ4n) is 4.70. The number of aryl methyl sites for hydroxylation is 4. The number of rotatable bonds is 3. The molecular formula is C25H26Cl2N3O+. The predicted octanol–water partition coefficient (Wildman–Crippen LogP) is 6.42. The molecule has 0 atom stereocenters. The van der Waals surface area contributed by atoms with Gasteiger partial charge in [0.15, 0.2) is 16.8 Å². The normalized spacial score (nSPS) is 17.7. The van der Waals surface area contributed by atoms with E-state index in [-0.39, 0.29) is 0 Å². The number of hydrogen-bond acceptors (Lipinski definition) is 2. The Morgan fingerprint density at radius 2 is 1.77 bits per heavy atom. The largest absolute Gasteiger partial charge is 0.439 e. The van der Waals surface area contributed by atoms with Crippen LogP contribution in [0.1, 0.15) is 37.2 Å². The first-order chi connectivity index (χ1) is 14.9. The van der Waals surface area contributed by atoms with Crippen LogP contribution in [0.25, 0.3) is 16.6 Å². The Balaban J connectivity index is 1.58. The van der Waals surface area contributed by atoms with Crippen molar-refractivity contribution in [3.8, 4) is 5.75 Å². The van der Waals surface area contributed by atoms with Crippen LogP contribution in [0.2, 0.25) is 10.0 Å². The van der Waals surface area contributed by atoms with Gasteiger partial charge in [-0.1, -0.05) is 23.2 Å². The maximum absolute atomic E-state index is 6.32. The molecule has 0 aliphatic carbocycles. The average Bonchev–Trinajstić information content (AvgIpc) is 3.38. The molecule has 2 aliphatic rings. The number of allylic oxidation sites excluding steroid dienone is 3. The third-order valence-corrected chi connectivity index (χ3v) is 7.13. The zero-order valence-electron chi connectivity index (χ0n) is 18.3. The summed E-state index contributed by atoms with van der Waals surface area (Å²) in [6, 6.07) is 8.31. The molecular weight excluding hydrogens is 429 g/mol. The molecule has 3 aromatic rings. The zero-order chi connectivity index (χ0) is 21.9. The van der Waals surface area contributed by atoms with Gasteiger partial charge in [-0.25, -0.2) is 9.13 Å². The second kappa shape index (κ2) is 7.61. The lowest BCUT2D eigenvalue weighted by Gasteiger charge is -2.15. The summed E-state index contributed by atoms with van der Waals surface area (Å²) in [5.41, 5.74) is 7.21. The first kappa shape index (κ1) is 20.5. The SMILES string of the molecule is CCN1C(=CC=C2CCn3c2[n+](CC)c2cc(Cl)c(Cl)cc23)Oc2cc(C)c(C)cc21. The second-order valence-electron chi connectivity index (χ2n) is 8.17. The van der Waals surface area contributed by atoms with E-state index in [0.29, 0.717) is 10.0 Å². The lowest BCUT2D eigenvalue weighted by molar-refractivity contribution is -0.670. The lowest BCUT2D eigenvalue weighted by atomic mass is 10.1. The highest BCUT2D eigenvalue weighted by Gasteiger charge is 2.33. The zero-order valence-corrected chi connectivity index (χ0v) is 19.8. The predicted molar refractivity (Wildman–Crippen MR) is 128 cm³/mol. The van der Waals surface area contributed by atoms with Gasteiger partial charge >= 0.3 is 0 Å². The van der Waals surface area contributed by atoms with Gasteiger partial charge in [0.05, 0.1) is 28.8 Å². The van der Waals surface area contributed by atoms with Crippen LogP contribution in [0.4, 0.5) is 5.69 Å². The maximum atomic E-state index is 6.32. The summed E-state index contributed by atoms with van der Waals surface area (Å²) in [7, 11) is 0. The van der Waals surface area contributed by atoms with Crippen LogP contribution in [0.3, 0.4) is 0 Å². The molecule has 0 fully saturated rings. The lowest BCUT2D eigenvalue weighted by Crippen LogP contribution is -2.35. The van der Waals surface area contributed by atoms with Crippen LogP contribution in [0, 0.1) is 13.8 Å². The number of imidazole rings is 1. The van der Waals surface area contributed by atoms with Gasteiger partial charge in [0.2, 0.25) is 5.88 Å². The van der Waals surface area contributed by atoms with Gasteiger partial charge in [0.25, 0.3) is 5.82 Å². The molecule has 160 valence electrons. The minimum atomic E-state index is 0.592. The number of hydrogen-bond donors (Lipinski definition) is 0. The van der Waals surface area contributed by atoms with E-state index in [2.05, 4.69) is 66.0 Å². The highest BCUT2D eigenvalue weighted by Crippen LogP contribution is 2.41. The average molecular weight is 455 g/mol. The van der Waals surface area contributed by atoms with Crippen LogP contribution in [-0.2, 0) is 13.1 Å². The fraction of sp³-hybridized carbons (Fsp3) is 0.320. The summed E-state index contributed by atoms with van der Waals surface area (Å²) in [6.45, 7) is 11.2. The molecule has 3 heterocycles. The van der Waals surface area contributed by atoms with Crippen molar-refractivity contribution >= 4 is 45.5 Å². The molecule has 0 unspecified atom stereocenters. The molecule has 2 aromatic carbocycles. The smallest absolute Gasteiger partial charge is 0.285 e. The molecule has 31 heavy (non-hydrogen) atoms. The van der Waals surface area contributed by atoms with Crippen molar-refractivity contribution in [2.24, 2.45) is 0 Å². The molecule has 0 saturated carbocycles. The Morgan fingerprint density at radius 1 is 1.03 bits per heavy atom. The summed E-state index contributed by atoms with van der Waals surface area (Å²) in [5, 5.41) is 1.19. The van der Waals surface area contributed by atoms with Gasteiger partial charge in [-0.3, -0.25) is 0 Å². The Kier molecular flexibility index (Phi) is 5.03. The van der Waals surface area contributed by atoms with Gasteiger partial charge in [-0.2, -0.15) is 0 Å². The van der Waals surface area contributed by atoms with Gasteiger partial charge in [0, 0.05) is 30.7 Å². The van der Waals surface area contributed by atoms with E-state index in [9.17, 15) is 0 Å². The number of aromatic nitrogens is 2. The molecule has 0 N–H and O–H groups in total. The number of ether oxygens (including phenoxy) is 1. The van der Waals surface area contributed by atoms with E-state index in [4.69, 9.17) is 27.9 Å². The number of anilines is 1. The summed E-state index contributed by atoms with van der Waals surface area (Å²) < 4.78 is 10.9. The van der Waals surface area contributed by atoms with E-state index in [1.54, 1.807) is 0 Å². The van der Waals surface area contributed by atoms with Crippen molar-refractivity contribution in [3.05, 3.63) is 69.3 Å². The van der Waals surface area contributed by atoms with Crippen LogP contribution < -0.4 is 14.2 Å². The summed E-state index contributed by atoms with van der Waals surface area (Å²) >= 11 is 12.6. The quantitative estimate of drug-likeness (QED) is 0.425. The summed E-state index contributed by atoms with van der Waals surface area (Å²) in [4.78, 5) is 2.23. The van der Waals surface area contributed by atoms with Crippen molar-refractivity contribution in [1.29, 1.82) is 0 Å². The number of benzene rings is 2. The van der Waals surface area contributed by atoms with Gasteiger partial charge in [0.1, 0.15) is 0 Å². The van der Waals surface area contributed by atoms with Crippen molar-refractivity contribution in [3.63, 3.8) is 0 Å². The molecule has 5 rings (SSSR count). The Labute approximate surface area is 192 Å². The van der Waals surface area contributed by atoms with Crippen molar-refractivity contribution in [1.82, 2.24) is 4.57 Å². The molecule has 0 spiro atoms. The number of nitrogens with zero attached hydrogens (tertiary/aromatic N) is 3.